The van der Waals surface area contributed by atoms with E-state index in [2.05, 4.69) is 30.4 Å². The van der Waals surface area contributed by atoms with E-state index in [4.69, 9.17) is 10.1 Å². The molecule has 2 aliphatic heterocycles. The number of hydrogen-bond donors (Lipinski definition) is 0. The second-order valence-electron chi connectivity index (χ2n) is 6.08. The Morgan fingerprint density at radius 2 is 1.94 bits per heavy atom. The van der Waals surface area contributed by atoms with Crippen LogP contribution in [-0.2, 0) is 6.54 Å². The van der Waals surface area contributed by atoms with E-state index in [0.29, 0.717) is 18.0 Å². The molecule has 0 N–H and O–H groups in total. The third-order valence-corrected chi connectivity index (χ3v) is 4.42. The molecule has 1 fully saturated rings. The van der Waals surface area contributed by atoms with Gasteiger partial charge in [-0.15, -0.1) is 0 Å². The van der Waals surface area contributed by atoms with Gasteiger partial charge in [-0.3, -0.25) is 4.90 Å². The quantitative estimate of drug-likeness (QED) is 0.807. The van der Waals surface area contributed by atoms with Crippen molar-refractivity contribution in [2.45, 2.75) is 71.0 Å². The summed E-state index contributed by atoms with van der Waals surface area (Å²) in [5.74, 6) is 2.87. The number of likely N-dealkylation sites (tertiary alicyclic amines) is 1. The molecule has 0 spiro atoms. The minimum atomic E-state index is 0.454. The molecule has 0 aliphatic carbocycles. The summed E-state index contributed by atoms with van der Waals surface area (Å²) in [6.45, 7) is 9.08. The van der Waals surface area contributed by atoms with Crippen molar-refractivity contribution in [3.63, 3.8) is 0 Å². The Morgan fingerprint density at radius 3 is 2.67 bits per heavy atom. The molecule has 0 radical (unpaired) electrons. The smallest absolute Gasteiger partial charge is 0.168 e. The van der Waals surface area contributed by atoms with Gasteiger partial charge >= 0.3 is 0 Å². The van der Waals surface area contributed by atoms with E-state index < -0.39 is 0 Å². The zero-order valence-corrected chi connectivity index (χ0v) is 11.8. The number of aromatic nitrogens is 3. The van der Waals surface area contributed by atoms with Crippen molar-refractivity contribution in [2.75, 3.05) is 6.54 Å². The van der Waals surface area contributed by atoms with Crippen LogP contribution in [-0.4, -0.2) is 32.3 Å². The summed E-state index contributed by atoms with van der Waals surface area (Å²) >= 11 is 0. The molecule has 18 heavy (non-hydrogen) atoms. The number of nitrogens with zero attached hydrogens (tertiary/aromatic N) is 4. The molecule has 3 heterocycles. The summed E-state index contributed by atoms with van der Waals surface area (Å²) < 4.78 is 2.15. The fourth-order valence-electron chi connectivity index (χ4n) is 3.40. The Morgan fingerprint density at radius 1 is 1.17 bits per heavy atom. The summed E-state index contributed by atoms with van der Waals surface area (Å²) in [5, 5.41) is 4.78. The van der Waals surface area contributed by atoms with E-state index in [0.717, 1.165) is 12.4 Å². The van der Waals surface area contributed by atoms with Gasteiger partial charge in [-0.2, -0.15) is 5.10 Å². The first kappa shape index (κ1) is 12.2. The van der Waals surface area contributed by atoms with Gasteiger partial charge in [0.2, 0.25) is 0 Å². The van der Waals surface area contributed by atoms with E-state index in [1.165, 1.54) is 38.1 Å². The molecule has 100 valence electrons. The highest BCUT2D eigenvalue weighted by molar-refractivity contribution is 5.06. The lowest BCUT2D eigenvalue weighted by Crippen LogP contribution is -2.30. The van der Waals surface area contributed by atoms with E-state index in [-0.39, 0.29) is 0 Å². The lowest BCUT2D eigenvalue weighted by atomic mass is 10.0. The average Bonchev–Trinajstić information content (AvgIpc) is 2.95. The van der Waals surface area contributed by atoms with E-state index in [9.17, 15) is 0 Å². The van der Waals surface area contributed by atoms with Crippen molar-refractivity contribution in [3.8, 4) is 0 Å². The third-order valence-electron chi connectivity index (χ3n) is 4.42. The molecular weight excluding hydrogens is 224 g/mol. The van der Waals surface area contributed by atoms with Gasteiger partial charge in [0.15, 0.2) is 5.82 Å². The molecule has 4 nitrogen and oxygen atoms in total. The zero-order chi connectivity index (χ0) is 12.7. The lowest BCUT2D eigenvalue weighted by Gasteiger charge is -2.26. The molecule has 0 aromatic carbocycles. The maximum absolute atomic E-state index is 4.86. The Labute approximate surface area is 109 Å². The van der Waals surface area contributed by atoms with Crippen molar-refractivity contribution in [1.29, 1.82) is 0 Å². The van der Waals surface area contributed by atoms with E-state index >= 15 is 0 Å². The largest absolute Gasteiger partial charge is 0.291 e. The van der Waals surface area contributed by atoms with Gasteiger partial charge in [-0.25, -0.2) is 9.67 Å². The second-order valence-corrected chi connectivity index (χ2v) is 6.08. The van der Waals surface area contributed by atoms with Crippen molar-refractivity contribution in [3.05, 3.63) is 11.6 Å². The Kier molecular flexibility index (Phi) is 3.14. The van der Waals surface area contributed by atoms with Crippen molar-refractivity contribution in [2.24, 2.45) is 0 Å². The lowest BCUT2D eigenvalue weighted by molar-refractivity contribution is 0.198. The van der Waals surface area contributed by atoms with Gasteiger partial charge in [-0.05, 0) is 46.1 Å². The number of fused-ring (bicyclic) bond motifs is 1. The van der Waals surface area contributed by atoms with Crippen LogP contribution in [0.25, 0.3) is 0 Å². The zero-order valence-electron chi connectivity index (χ0n) is 11.8. The Hall–Kier alpha value is -0.900. The topological polar surface area (TPSA) is 34.0 Å². The molecule has 1 aromatic heterocycles. The number of hydrogen-bond acceptors (Lipinski definition) is 3. The molecule has 2 atom stereocenters. The van der Waals surface area contributed by atoms with E-state index in [1.807, 2.05) is 0 Å². The van der Waals surface area contributed by atoms with Crippen molar-refractivity contribution >= 4 is 0 Å². The third kappa shape index (κ3) is 1.96. The summed E-state index contributed by atoms with van der Waals surface area (Å²) in [5.41, 5.74) is 0. The van der Waals surface area contributed by atoms with Crippen LogP contribution in [0.1, 0.15) is 70.1 Å². The minimum Gasteiger partial charge on any atom is -0.291 e. The van der Waals surface area contributed by atoms with Gasteiger partial charge in [0.25, 0.3) is 0 Å². The number of rotatable bonds is 2. The molecule has 4 heteroatoms. The Bertz CT molecular complexity index is 423. The normalized spacial score (nSPS) is 28.9. The average molecular weight is 248 g/mol. The second kappa shape index (κ2) is 4.65. The summed E-state index contributed by atoms with van der Waals surface area (Å²) in [6.07, 6.45) is 5.00. The first-order valence-electron chi connectivity index (χ1n) is 7.37. The first-order valence-corrected chi connectivity index (χ1v) is 7.37. The predicted molar refractivity (Wildman–Crippen MR) is 71.5 cm³/mol. The van der Waals surface area contributed by atoms with Gasteiger partial charge in [0.05, 0.1) is 6.04 Å². The number of aryl methyl sites for hydroxylation is 1. The van der Waals surface area contributed by atoms with Crippen LogP contribution >= 0.6 is 0 Å². The highest BCUT2D eigenvalue weighted by Crippen LogP contribution is 2.33. The van der Waals surface area contributed by atoms with Crippen LogP contribution in [0.4, 0.5) is 0 Å². The van der Waals surface area contributed by atoms with Gasteiger partial charge in [0, 0.05) is 18.5 Å². The predicted octanol–water partition coefficient (Wildman–Crippen LogP) is 2.72. The van der Waals surface area contributed by atoms with Crippen LogP contribution in [0, 0.1) is 0 Å². The molecule has 1 aromatic rings. The van der Waals surface area contributed by atoms with Crippen LogP contribution in [0.15, 0.2) is 0 Å². The maximum Gasteiger partial charge on any atom is 0.168 e. The summed E-state index contributed by atoms with van der Waals surface area (Å²) in [7, 11) is 0. The molecule has 0 bridgehead atoms. The van der Waals surface area contributed by atoms with E-state index in [1.54, 1.807) is 0 Å². The SMILES string of the molecule is CC1CCCn2nc(C3CCCN3C(C)C)nc21. The highest BCUT2D eigenvalue weighted by Gasteiger charge is 2.32. The van der Waals surface area contributed by atoms with Gasteiger partial charge in [0.1, 0.15) is 5.82 Å². The van der Waals surface area contributed by atoms with Crippen LogP contribution < -0.4 is 0 Å². The Balaban J connectivity index is 1.88. The van der Waals surface area contributed by atoms with Gasteiger partial charge in [-0.1, -0.05) is 6.92 Å². The first-order chi connectivity index (χ1) is 8.66. The monoisotopic (exact) mass is 248 g/mol. The molecule has 0 saturated carbocycles. The van der Waals surface area contributed by atoms with Crippen LogP contribution in [0.3, 0.4) is 0 Å². The molecule has 3 rings (SSSR count). The van der Waals surface area contributed by atoms with Gasteiger partial charge < -0.3 is 0 Å². The maximum atomic E-state index is 4.86. The molecule has 2 aliphatic rings. The highest BCUT2D eigenvalue weighted by atomic mass is 15.4. The fraction of sp³-hybridized carbons (Fsp3) is 0.857. The van der Waals surface area contributed by atoms with Crippen LogP contribution in [0.5, 0.6) is 0 Å². The fourth-order valence-corrected chi connectivity index (χ4v) is 3.40. The molecule has 0 amide bonds. The van der Waals surface area contributed by atoms with Crippen molar-refractivity contribution < 1.29 is 0 Å². The van der Waals surface area contributed by atoms with Crippen molar-refractivity contribution in [1.82, 2.24) is 19.7 Å². The molecular formula is C14H24N4. The summed E-state index contributed by atoms with van der Waals surface area (Å²) in [6, 6.07) is 1.05. The molecule has 2 unspecified atom stereocenters. The van der Waals surface area contributed by atoms with Crippen LogP contribution in [0.2, 0.25) is 0 Å². The minimum absolute atomic E-state index is 0.454. The summed E-state index contributed by atoms with van der Waals surface area (Å²) in [4.78, 5) is 7.40. The molecule has 1 saturated heterocycles. The standard InChI is InChI=1S/C14H24N4/c1-10(2)17-8-5-7-12(17)13-15-14-11(3)6-4-9-18(14)16-13/h10-12H,4-9H2,1-3H3.